The van der Waals surface area contributed by atoms with Gasteiger partial charge in [0.05, 0.1) is 6.10 Å². The molecule has 0 aliphatic rings. The molecule has 5 nitrogen and oxygen atoms in total. The molecule has 0 spiro atoms. The van der Waals surface area contributed by atoms with E-state index in [1.165, 1.54) is 22.0 Å². The van der Waals surface area contributed by atoms with Crippen molar-refractivity contribution in [3.63, 3.8) is 0 Å². The van der Waals surface area contributed by atoms with E-state index in [-0.39, 0.29) is 0 Å². The number of nitrogens with zero attached hydrogens (tertiary/aromatic N) is 1. The van der Waals surface area contributed by atoms with Gasteiger partial charge in [-0.2, -0.15) is 0 Å². The van der Waals surface area contributed by atoms with E-state index in [0.29, 0.717) is 13.0 Å². The Bertz CT molecular complexity index is 901. The van der Waals surface area contributed by atoms with Crippen molar-refractivity contribution in [2.45, 2.75) is 32.8 Å². The fourth-order valence-electron chi connectivity index (χ4n) is 3.37. The van der Waals surface area contributed by atoms with E-state index < -0.39 is 6.10 Å². The minimum Gasteiger partial charge on any atom is -0.388 e. The maximum absolute atomic E-state index is 10.3. The lowest BCUT2D eigenvalue weighted by Gasteiger charge is -2.13. The van der Waals surface area contributed by atoms with Crippen molar-refractivity contribution >= 4 is 16.9 Å². The van der Waals surface area contributed by atoms with Gasteiger partial charge in [0.25, 0.3) is 0 Å². The first-order valence-corrected chi connectivity index (χ1v) is 9.99. The summed E-state index contributed by atoms with van der Waals surface area (Å²) in [6.45, 7) is 6.35. The molecule has 5 heteroatoms. The number of aromatic nitrogens is 1. The lowest BCUT2D eigenvalue weighted by Crippen LogP contribution is -2.38. The van der Waals surface area contributed by atoms with Crippen molar-refractivity contribution < 1.29 is 5.11 Å². The highest BCUT2D eigenvalue weighted by Crippen LogP contribution is 2.21. The summed E-state index contributed by atoms with van der Waals surface area (Å²) in [7, 11) is 0. The van der Waals surface area contributed by atoms with Crippen molar-refractivity contribution in [2.24, 2.45) is 4.99 Å². The Morgan fingerprint density at radius 2 is 1.93 bits per heavy atom. The van der Waals surface area contributed by atoms with Gasteiger partial charge in [-0.1, -0.05) is 48.5 Å². The van der Waals surface area contributed by atoms with Crippen molar-refractivity contribution in [1.29, 1.82) is 0 Å². The monoisotopic (exact) mass is 378 g/mol. The SMILES string of the molecule is CCNC(=NCCC(O)c1ccccc1)NCCc1c[nH]c2c(C)cccc12. The van der Waals surface area contributed by atoms with Crippen LogP contribution < -0.4 is 10.6 Å². The Labute approximate surface area is 166 Å². The number of H-pyrrole nitrogens is 1. The Morgan fingerprint density at radius 3 is 2.71 bits per heavy atom. The van der Waals surface area contributed by atoms with Crippen LogP contribution in [0.15, 0.2) is 59.7 Å². The Hall–Kier alpha value is -2.79. The summed E-state index contributed by atoms with van der Waals surface area (Å²) in [6.07, 6.45) is 3.13. The molecule has 4 N–H and O–H groups in total. The van der Waals surface area contributed by atoms with E-state index in [0.717, 1.165) is 31.0 Å². The molecule has 0 saturated carbocycles. The Morgan fingerprint density at radius 1 is 1.11 bits per heavy atom. The molecular weight excluding hydrogens is 348 g/mol. The van der Waals surface area contributed by atoms with Crippen molar-refractivity contribution in [2.75, 3.05) is 19.6 Å². The zero-order valence-corrected chi connectivity index (χ0v) is 16.7. The molecule has 0 amide bonds. The van der Waals surface area contributed by atoms with Gasteiger partial charge < -0.3 is 20.7 Å². The lowest BCUT2D eigenvalue weighted by molar-refractivity contribution is 0.170. The van der Waals surface area contributed by atoms with Crippen molar-refractivity contribution in [3.8, 4) is 0 Å². The van der Waals surface area contributed by atoms with Gasteiger partial charge in [0.2, 0.25) is 0 Å². The van der Waals surface area contributed by atoms with Crippen LogP contribution in [-0.2, 0) is 6.42 Å². The van der Waals surface area contributed by atoms with Crippen LogP contribution in [0.1, 0.15) is 36.1 Å². The topological polar surface area (TPSA) is 72.4 Å². The summed E-state index contributed by atoms with van der Waals surface area (Å²) in [6, 6.07) is 16.1. The predicted octanol–water partition coefficient (Wildman–Crippen LogP) is 3.70. The highest BCUT2D eigenvalue weighted by Gasteiger charge is 2.07. The second-order valence-corrected chi connectivity index (χ2v) is 6.96. The Kier molecular flexibility index (Phi) is 7.09. The largest absolute Gasteiger partial charge is 0.388 e. The highest BCUT2D eigenvalue weighted by atomic mass is 16.3. The number of benzene rings is 2. The van der Waals surface area contributed by atoms with Gasteiger partial charge in [0.15, 0.2) is 5.96 Å². The summed E-state index contributed by atoms with van der Waals surface area (Å²) >= 11 is 0. The fourth-order valence-corrected chi connectivity index (χ4v) is 3.37. The molecule has 3 rings (SSSR count). The summed E-state index contributed by atoms with van der Waals surface area (Å²) in [5, 5.41) is 18.2. The van der Waals surface area contributed by atoms with E-state index in [2.05, 4.69) is 58.9 Å². The minimum absolute atomic E-state index is 0.484. The van der Waals surface area contributed by atoms with Crippen molar-refractivity contribution in [3.05, 3.63) is 71.4 Å². The maximum atomic E-state index is 10.3. The second-order valence-electron chi connectivity index (χ2n) is 6.96. The maximum Gasteiger partial charge on any atom is 0.191 e. The molecule has 1 unspecified atom stereocenters. The van der Waals surface area contributed by atoms with Crippen molar-refractivity contribution in [1.82, 2.24) is 15.6 Å². The number of guanidine groups is 1. The van der Waals surface area contributed by atoms with Crippen LogP contribution in [0.5, 0.6) is 0 Å². The molecule has 28 heavy (non-hydrogen) atoms. The Balaban J connectivity index is 1.52. The predicted molar refractivity (Wildman–Crippen MR) is 117 cm³/mol. The zero-order chi connectivity index (χ0) is 19.8. The summed E-state index contributed by atoms with van der Waals surface area (Å²) in [5.74, 6) is 0.791. The molecule has 0 fully saturated rings. The van der Waals surface area contributed by atoms with Crippen LogP contribution >= 0.6 is 0 Å². The average molecular weight is 379 g/mol. The minimum atomic E-state index is -0.484. The number of aryl methyl sites for hydroxylation is 1. The van der Waals surface area contributed by atoms with E-state index in [4.69, 9.17) is 0 Å². The molecular formula is C23H30N4O. The summed E-state index contributed by atoms with van der Waals surface area (Å²) in [4.78, 5) is 7.98. The zero-order valence-electron chi connectivity index (χ0n) is 16.7. The number of para-hydroxylation sites is 1. The molecule has 0 saturated heterocycles. The molecule has 0 radical (unpaired) electrons. The van der Waals surface area contributed by atoms with E-state index >= 15 is 0 Å². The van der Waals surface area contributed by atoms with E-state index in [9.17, 15) is 5.11 Å². The molecule has 0 aliphatic heterocycles. The smallest absolute Gasteiger partial charge is 0.191 e. The van der Waals surface area contributed by atoms with Gasteiger partial charge in [0, 0.05) is 36.7 Å². The third-order valence-electron chi connectivity index (χ3n) is 4.90. The molecule has 148 valence electrons. The number of aliphatic hydroxyl groups is 1. The third kappa shape index (κ3) is 5.14. The van der Waals surface area contributed by atoms with Gasteiger partial charge in [-0.25, -0.2) is 0 Å². The molecule has 0 bridgehead atoms. The molecule has 0 aliphatic carbocycles. The number of fused-ring (bicyclic) bond motifs is 1. The standard InChI is InChI=1S/C23H30N4O/c1-3-24-23(26-15-13-21(28)18-9-5-4-6-10-18)25-14-12-19-16-27-22-17(2)8-7-11-20(19)22/h4-11,16,21,27-28H,3,12-15H2,1-2H3,(H2,24,25,26). The first-order chi connectivity index (χ1) is 13.7. The van der Waals surface area contributed by atoms with Crippen LogP contribution in [0.3, 0.4) is 0 Å². The lowest BCUT2D eigenvalue weighted by atomic mass is 10.1. The number of hydrogen-bond acceptors (Lipinski definition) is 2. The number of aliphatic imine (C=N–C) groups is 1. The van der Waals surface area contributed by atoms with Crippen LogP contribution in [0.25, 0.3) is 10.9 Å². The molecule has 2 aromatic carbocycles. The number of nitrogens with one attached hydrogen (secondary N) is 3. The molecule has 1 aromatic heterocycles. The number of rotatable bonds is 8. The van der Waals surface area contributed by atoms with Crippen LogP contribution in [-0.4, -0.2) is 35.7 Å². The molecule has 1 heterocycles. The first-order valence-electron chi connectivity index (χ1n) is 9.99. The normalized spacial score (nSPS) is 12.9. The number of aliphatic hydroxyl groups excluding tert-OH is 1. The average Bonchev–Trinajstić information content (AvgIpc) is 3.13. The van der Waals surface area contributed by atoms with Gasteiger partial charge >= 0.3 is 0 Å². The number of aromatic amines is 1. The van der Waals surface area contributed by atoms with Crippen LogP contribution in [0, 0.1) is 6.92 Å². The quantitative estimate of drug-likeness (QED) is 0.357. The van der Waals surface area contributed by atoms with E-state index in [1.54, 1.807) is 0 Å². The van der Waals surface area contributed by atoms with Crippen LogP contribution in [0.4, 0.5) is 0 Å². The third-order valence-corrected chi connectivity index (χ3v) is 4.90. The first kappa shape index (κ1) is 20.0. The summed E-state index contributed by atoms with van der Waals surface area (Å²) in [5.41, 5.74) is 4.73. The van der Waals surface area contributed by atoms with Gasteiger partial charge in [-0.15, -0.1) is 0 Å². The van der Waals surface area contributed by atoms with Crippen LogP contribution in [0.2, 0.25) is 0 Å². The summed E-state index contributed by atoms with van der Waals surface area (Å²) < 4.78 is 0. The van der Waals surface area contributed by atoms with Gasteiger partial charge in [-0.3, -0.25) is 4.99 Å². The number of hydrogen-bond donors (Lipinski definition) is 4. The van der Waals surface area contributed by atoms with Gasteiger partial charge in [-0.05, 0) is 43.4 Å². The molecule has 1 atom stereocenters. The fraction of sp³-hybridized carbons (Fsp3) is 0.348. The molecule has 3 aromatic rings. The van der Waals surface area contributed by atoms with E-state index in [1.807, 2.05) is 30.3 Å². The van der Waals surface area contributed by atoms with Gasteiger partial charge in [0.1, 0.15) is 0 Å². The second kappa shape index (κ2) is 9.95. The highest BCUT2D eigenvalue weighted by molar-refractivity contribution is 5.86.